The van der Waals surface area contributed by atoms with Crippen LogP contribution in [0.2, 0.25) is 0 Å². The minimum Gasteiger partial charge on any atom is -0.383 e. The fourth-order valence-corrected chi connectivity index (χ4v) is 4.07. The van der Waals surface area contributed by atoms with Crippen molar-refractivity contribution < 1.29 is 9.47 Å². The highest BCUT2D eigenvalue weighted by Crippen LogP contribution is 2.23. The molecular formula is C23H25N7O4. The second-order valence-corrected chi connectivity index (χ2v) is 7.95. The maximum atomic E-state index is 12.9. The van der Waals surface area contributed by atoms with Crippen molar-refractivity contribution in [1.29, 1.82) is 0 Å². The van der Waals surface area contributed by atoms with Crippen molar-refractivity contribution in [3.63, 3.8) is 0 Å². The van der Waals surface area contributed by atoms with Gasteiger partial charge in [0.25, 0.3) is 5.56 Å². The summed E-state index contributed by atoms with van der Waals surface area (Å²) < 4.78 is 13.9. The molecule has 0 atom stereocenters. The minimum atomic E-state index is -0.511. The highest BCUT2D eigenvalue weighted by atomic mass is 16.5. The summed E-state index contributed by atoms with van der Waals surface area (Å²) in [5.74, 6) is 1.11. The first-order valence-electron chi connectivity index (χ1n) is 11.1. The molecule has 0 unspecified atom stereocenters. The Bertz CT molecular complexity index is 1390. The molecule has 176 valence electrons. The van der Waals surface area contributed by atoms with Crippen molar-refractivity contribution in [3.8, 4) is 11.4 Å². The van der Waals surface area contributed by atoms with Crippen LogP contribution in [0.3, 0.4) is 0 Å². The molecule has 0 aliphatic carbocycles. The number of hydrogen-bond acceptors (Lipinski definition) is 8. The third-order valence-corrected chi connectivity index (χ3v) is 5.78. The van der Waals surface area contributed by atoms with Gasteiger partial charge in [0.1, 0.15) is 5.82 Å². The highest BCUT2D eigenvalue weighted by molar-refractivity contribution is 5.76. The van der Waals surface area contributed by atoms with Gasteiger partial charge in [-0.3, -0.25) is 14.3 Å². The van der Waals surface area contributed by atoms with Crippen LogP contribution in [0.1, 0.15) is 5.56 Å². The molecule has 0 saturated carbocycles. The number of ether oxygens (including phenoxy) is 2. The molecule has 0 spiro atoms. The third-order valence-electron chi connectivity index (χ3n) is 5.78. The van der Waals surface area contributed by atoms with E-state index >= 15 is 0 Å². The largest absolute Gasteiger partial charge is 0.383 e. The Morgan fingerprint density at radius 1 is 1.06 bits per heavy atom. The van der Waals surface area contributed by atoms with Gasteiger partial charge in [0.05, 0.1) is 31.9 Å². The Morgan fingerprint density at radius 2 is 1.79 bits per heavy atom. The first kappa shape index (κ1) is 22.0. The summed E-state index contributed by atoms with van der Waals surface area (Å²) in [5, 5.41) is 0. The van der Waals surface area contributed by atoms with Crippen LogP contribution in [0.5, 0.6) is 0 Å². The van der Waals surface area contributed by atoms with Crippen LogP contribution in [0.4, 0.5) is 5.95 Å². The zero-order valence-corrected chi connectivity index (χ0v) is 18.8. The van der Waals surface area contributed by atoms with Crippen molar-refractivity contribution in [3.05, 3.63) is 69.1 Å². The second kappa shape index (κ2) is 9.57. The predicted octanol–water partition coefficient (Wildman–Crippen LogP) is 0.875. The highest BCUT2D eigenvalue weighted by Gasteiger charge is 2.21. The standard InChI is InChI=1S/C23H25N7O4/c1-33-10-9-29-18-20(30(23(32)27-21(18)31)15-16-5-3-2-4-6-16)26-19(29)17-13-24-22(25-14-17)28-7-11-34-12-8-28/h2-6,13-14H,7-12,15H2,1H3,(H,27,31,32). The van der Waals surface area contributed by atoms with Crippen LogP contribution in [0.15, 0.2) is 52.3 Å². The quantitative estimate of drug-likeness (QED) is 0.429. The number of morpholine rings is 1. The van der Waals surface area contributed by atoms with Gasteiger partial charge in [-0.1, -0.05) is 30.3 Å². The minimum absolute atomic E-state index is 0.278. The van der Waals surface area contributed by atoms with Crippen LogP contribution in [-0.4, -0.2) is 69.1 Å². The fraction of sp³-hybridized carbons (Fsp3) is 0.348. The molecule has 4 heterocycles. The topological polar surface area (TPSA) is 120 Å². The molecule has 11 nitrogen and oxygen atoms in total. The fourth-order valence-electron chi connectivity index (χ4n) is 4.07. The van der Waals surface area contributed by atoms with E-state index in [1.54, 1.807) is 24.1 Å². The number of nitrogens with one attached hydrogen (secondary N) is 1. The van der Waals surface area contributed by atoms with Crippen LogP contribution in [0.25, 0.3) is 22.6 Å². The molecule has 1 fully saturated rings. The molecule has 5 rings (SSSR count). The molecule has 1 aliphatic rings. The van der Waals surface area contributed by atoms with Gasteiger partial charge in [0.15, 0.2) is 11.2 Å². The molecule has 1 aliphatic heterocycles. The summed E-state index contributed by atoms with van der Waals surface area (Å²) in [7, 11) is 1.59. The Labute approximate surface area is 194 Å². The summed E-state index contributed by atoms with van der Waals surface area (Å²) in [6.45, 7) is 3.75. The van der Waals surface area contributed by atoms with E-state index in [4.69, 9.17) is 14.5 Å². The normalized spacial score (nSPS) is 14.1. The van der Waals surface area contributed by atoms with E-state index in [2.05, 4.69) is 19.9 Å². The van der Waals surface area contributed by atoms with Gasteiger partial charge in [0.2, 0.25) is 5.95 Å². The number of hydrogen-bond donors (Lipinski definition) is 1. The Balaban J connectivity index is 1.62. The lowest BCUT2D eigenvalue weighted by molar-refractivity contribution is 0.122. The van der Waals surface area contributed by atoms with Gasteiger partial charge >= 0.3 is 5.69 Å². The maximum Gasteiger partial charge on any atom is 0.330 e. The van der Waals surface area contributed by atoms with Crippen molar-refractivity contribution in [2.75, 3.05) is 44.9 Å². The number of nitrogens with zero attached hydrogens (tertiary/aromatic N) is 6. The van der Waals surface area contributed by atoms with Crippen LogP contribution in [-0.2, 0) is 22.6 Å². The SMILES string of the molecule is COCCn1c(-c2cnc(N3CCOCC3)nc2)nc2c1c(=O)[nH]c(=O)n2Cc1ccccc1. The van der Waals surface area contributed by atoms with Crippen molar-refractivity contribution in [1.82, 2.24) is 29.1 Å². The Kier molecular flexibility index (Phi) is 6.19. The molecule has 1 saturated heterocycles. The van der Waals surface area contributed by atoms with Gasteiger partial charge in [-0.25, -0.2) is 19.7 Å². The van der Waals surface area contributed by atoms with Gasteiger partial charge in [-0.15, -0.1) is 0 Å². The van der Waals surface area contributed by atoms with E-state index in [0.29, 0.717) is 54.9 Å². The molecular weight excluding hydrogens is 438 g/mol. The monoisotopic (exact) mass is 463 g/mol. The van der Waals surface area contributed by atoms with Crippen LogP contribution in [0, 0.1) is 0 Å². The van der Waals surface area contributed by atoms with E-state index in [1.165, 1.54) is 4.57 Å². The number of anilines is 1. The predicted molar refractivity (Wildman–Crippen MR) is 126 cm³/mol. The Morgan fingerprint density at radius 3 is 2.50 bits per heavy atom. The van der Waals surface area contributed by atoms with Crippen molar-refractivity contribution in [2.24, 2.45) is 0 Å². The van der Waals surface area contributed by atoms with Crippen LogP contribution >= 0.6 is 0 Å². The summed E-state index contributed by atoms with van der Waals surface area (Å²) in [4.78, 5) is 43.9. The molecule has 0 radical (unpaired) electrons. The van der Waals surface area contributed by atoms with Crippen LogP contribution < -0.4 is 16.1 Å². The summed E-state index contributed by atoms with van der Waals surface area (Å²) >= 11 is 0. The van der Waals surface area contributed by atoms with Crippen molar-refractivity contribution >= 4 is 17.1 Å². The van der Waals surface area contributed by atoms with E-state index in [-0.39, 0.29) is 6.54 Å². The number of methoxy groups -OCH3 is 1. The number of H-pyrrole nitrogens is 1. The van der Waals surface area contributed by atoms with Gasteiger partial charge in [-0.05, 0) is 5.56 Å². The van der Waals surface area contributed by atoms with E-state index in [9.17, 15) is 9.59 Å². The first-order chi connectivity index (χ1) is 16.7. The number of benzene rings is 1. The van der Waals surface area contributed by atoms with Gasteiger partial charge < -0.3 is 18.9 Å². The molecule has 0 amide bonds. The Hall–Kier alpha value is -3.83. The number of rotatable bonds is 7. The lowest BCUT2D eigenvalue weighted by Crippen LogP contribution is -2.37. The number of aromatic nitrogens is 6. The number of imidazole rings is 1. The first-order valence-corrected chi connectivity index (χ1v) is 11.1. The smallest absolute Gasteiger partial charge is 0.330 e. The number of fused-ring (bicyclic) bond motifs is 1. The lowest BCUT2D eigenvalue weighted by atomic mass is 10.2. The van der Waals surface area contributed by atoms with Gasteiger partial charge in [-0.2, -0.15) is 0 Å². The molecule has 0 bridgehead atoms. The average Bonchev–Trinajstić information content (AvgIpc) is 3.26. The molecule has 3 aromatic heterocycles. The van der Waals surface area contributed by atoms with E-state index in [0.717, 1.165) is 18.7 Å². The molecule has 1 N–H and O–H groups in total. The van der Waals surface area contributed by atoms with Gasteiger partial charge in [0, 0.05) is 39.1 Å². The summed E-state index contributed by atoms with van der Waals surface area (Å²) in [5.41, 5.74) is 1.17. The second-order valence-electron chi connectivity index (χ2n) is 7.95. The zero-order valence-electron chi connectivity index (χ0n) is 18.8. The summed E-state index contributed by atoms with van der Waals surface area (Å²) in [6, 6.07) is 9.56. The average molecular weight is 463 g/mol. The molecule has 4 aromatic rings. The number of aromatic amines is 1. The molecule has 34 heavy (non-hydrogen) atoms. The summed E-state index contributed by atoms with van der Waals surface area (Å²) in [6.07, 6.45) is 3.38. The van der Waals surface area contributed by atoms with E-state index < -0.39 is 11.2 Å². The van der Waals surface area contributed by atoms with Crippen molar-refractivity contribution in [2.45, 2.75) is 13.1 Å². The molecule has 11 heteroatoms. The maximum absolute atomic E-state index is 12.9. The van der Waals surface area contributed by atoms with E-state index in [1.807, 2.05) is 30.3 Å². The molecule has 1 aromatic carbocycles. The third kappa shape index (κ3) is 4.22. The zero-order chi connectivity index (χ0) is 23.5. The lowest BCUT2D eigenvalue weighted by Gasteiger charge is -2.26.